The summed E-state index contributed by atoms with van der Waals surface area (Å²) in [5.74, 6) is 1.56. The van der Waals surface area contributed by atoms with E-state index >= 15 is 0 Å². The quantitative estimate of drug-likeness (QED) is 0.831. The molecule has 2 rings (SSSR count). The molecule has 1 aromatic heterocycles. The van der Waals surface area contributed by atoms with Gasteiger partial charge < -0.3 is 9.73 Å². The minimum Gasteiger partial charge on any atom is -0.468 e. The van der Waals surface area contributed by atoms with E-state index in [1.54, 1.807) is 6.26 Å². The molecule has 2 aromatic rings. The maximum absolute atomic E-state index is 5.42. The van der Waals surface area contributed by atoms with E-state index in [9.17, 15) is 0 Å². The highest BCUT2D eigenvalue weighted by Gasteiger charge is 2.13. The first-order chi connectivity index (χ1) is 9.08. The average molecular weight is 257 g/mol. The average Bonchev–Trinajstić information content (AvgIpc) is 2.92. The zero-order valence-electron chi connectivity index (χ0n) is 12.2. The van der Waals surface area contributed by atoms with Crippen molar-refractivity contribution in [2.45, 2.75) is 45.7 Å². The first kappa shape index (κ1) is 13.9. The topological polar surface area (TPSA) is 25.2 Å². The second kappa shape index (κ2) is 6.07. The van der Waals surface area contributed by atoms with Gasteiger partial charge in [-0.15, -0.1) is 0 Å². The third-order valence-corrected chi connectivity index (χ3v) is 3.57. The molecule has 2 nitrogen and oxygen atoms in total. The number of hydrogen-bond acceptors (Lipinski definition) is 2. The Kier molecular flexibility index (Phi) is 4.43. The zero-order valence-corrected chi connectivity index (χ0v) is 12.2. The molecule has 0 bridgehead atoms. The first-order valence-corrected chi connectivity index (χ1v) is 6.97. The van der Waals surface area contributed by atoms with E-state index in [4.69, 9.17) is 4.42 Å². The number of rotatable bonds is 5. The van der Waals surface area contributed by atoms with Crippen LogP contribution in [0, 0.1) is 0 Å². The summed E-state index contributed by atoms with van der Waals surface area (Å²) >= 11 is 0. The van der Waals surface area contributed by atoms with Crippen LogP contribution in [0.3, 0.4) is 0 Å². The molecule has 0 aliphatic heterocycles. The fourth-order valence-electron chi connectivity index (χ4n) is 2.26. The van der Waals surface area contributed by atoms with Gasteiger partial charge in [-0.3, -0.25) is 0 Å². The molecule has 0 saturated heterocycles. The van der Waals surface area contributed by atoms with E-state index < -0.39 is 0 Å². The molecule has 102 valence electrons. The van der Waals surface area contributed by atoms with E-state index in [-0.39, 0.29) is 6.04 Å². The molecule has 0 radical (unpaired) electrons. The van der Waals surface area contributed by atoms with Crippen LogP contribution >= 0.6 is 0 Å². The highest BCUT2D eigenvalue weighted by molar-refractivity contribution is 5.26. The van der Waals surface area contributed by atoms with Crippen molar-refractivity contribution in [2.75, 3.05) is 0 Å². The second-order valence-corrected chi connectivity index (χ2v) is 5.45. The van der Waals surface area contributed by atoms with Crippen molar-refractivity contribution < 1.29 is 4.42 Å². The number of nitrogens with one attached hydrogen (secondary N) is 1. The molecular weight excluding hydrogens is 234 g/mol. The summed E-state index contributed by atoms with van der Waals surface area (Å²) in [6.07, 6.45) is 1.72. The fourth-order valence-corrected chi connectivity index (χ4v) is 2.26. The molecule has 0 spiro atoms. The summed E-state index contributed by atoms with van der Waals surface area (Å²) in [5.41, 5.74) is 2.69. The molecule has 2 heteroatoms. The lowest BCUT2D eigenvalue weighted by atomic mass is 9.99. The molecule has 1 aromatic carbocycles. The zero-order chi connectivity index (χ0) is 13.8. The molecule has 1 heterocycles. The van der Waals surface area contributed by atoms with Gasteiger partial charge in [0.15, 0.2) is 0 Å². The Labute approximate surface area is 115 Å². The van der Waals surface area contributed by atoms with Gasteiger partial charge in [0.1, 0.15) is 5.76 Å². The van der Waals surface area contributed by atoms with E-state index in [1.807, 2.05) is 12.1 Å². The predicted octanol–water partition coefficient (Wildman–Crippen LogP) is 4.81. The number of hydrogen-bond donors (Lipinski definition) is 1. The molecule has 19 heavy (non-hydrogen) atoms. The monoisotopic (exact) mass is 257 g/mol. The molecule has 0 saturated carbocycles. The number of furan rings is 1. The fraction of sp³-hybridized carbons (Fsp3) is 0.412. The van der Waals surface area contributed by atoms with Crippen LogP contribution in [0.15, 0.2) is 47.1 Å². The van der Waals surface area contributed by atoms with Crippen LogP contribution in [0.4, 0.5) is 0 Å². The van der Waals surface area contributed by atoms with Crippen LogP contribution in [0.25, 0.3) is 0 Å². The highest BCUT2D eigenvalue weighted by atomic mass is 16.3. The van der Waals surface area contributed by atoms with Gasteiger partial charge >= 0.3 is 0 Å². The van der Waals surface area contributed by atoms with Crippen LogP contribution in [-0.4, -0.2) is 0 Å². The van der Waals surface area contributed by atoms with Crippen molar-refractivity contribution in [3.05, 3.63) is 59.5 Å². The van der Waals surface area contributed by atoms with Crippen molar-refractivity contribution in [3.8, 4) is 0 Å². The minimum atomic E-state index is 0.217. The van der Waals surface area contributed by atoms with Crippen LogP contribution < -0.4 is 5.32 Å². The van der Waals surface area contributed by atoms with E-state index in [1.165, 1.54) is 11.1 Å². The lowest BCUT2D eigenvalue weighted by Crippen LogP contribution is -2.22. The van der Waals surface area contributed by atoms with Crippen molar-refractivity contribution in [2.24, 2.45) is 0 Å². The van der Waals surface area contributed by atoms with Crippen molar-refractivity contribution in [3.63, 3.8) is 0 Å². The van der Waals surface area contributed by atoms with Crippen molar-refractivity contribution >= 4 is 0 Å². The predicted molar refractivity (Wildman–Crippen MR) is 79.2 cm³/mol. The summed E-state index contributed by atoms with van der Waals surface area (Å²) < 4.78 is 5.42. The largest absolute Gasteiger partial charge is 0.468 e. The van der Waals surface area contributed by atoms with Gasteiger partial charge in [-0.25, -0.2) is 0 Å². The molecule has 1 unspecified atom stereocenters. The normalized spacial score (nSPS) is 14.6. The second-order valence-electron chi connectivity index (χ2n) is 5.45. The highest BCUT2D eigenvalue weighted by Crippen LogP contribution is 2.21. The minimum absolute atomic E-state index is 0.217. The van der Waals surface area contributed by atoms with Crippen LogP contribution in [0.2, 0.25) is 0 Å². The summed E-state index contributed by atoms with van der Waals surface area (Å²) in [4.78, 5) is 0. The Balaban J connectivity index is 2.01. The molecule has 0 amide bonds. The van der Waals surface area contributed by atoms with Gasteiger partial charge in [0.25, 0.3) is 0 Å². The third-order valence-electron chi connectivity index (χ3n) is 3.57. The van der Waals surface area contributed by atoms with Gasteiger partial charge in [0.05, 0.1) is 12.3 Å². The van der Waals surface area contributed by atoms with Gasteiger partial charge in [-0.05, 0) is 43.0 Å². The maximum Gasteiger partial charge on any atom is 0.120 e. The Bertz CT molecular complexity index is 484. The summed E-state index contributed by atoms with van der Waals surface area (Å²) in [5, 5.41) is 3.55. The lowest BCUT2D eigenvalue weighted by Gasteiger charge is -2.19. The summed E-state index contributed by atoms with van der Waals surface area (Å²) in [6.45, 7) is 8.74. The smallest absolute Gasteiger partial charge is 0.120 e. The van der Waals surface area contributed by atoms with Gasteiger partial charge in [-0.1, -0.05) is 38.1 Å². The first-order valence-electron chi connectivity index (χ1n) is 6.97. The standard InChI is InChI=1S/C17H23NO/c1-12(2)15-7-9-16(10-8-15)13(3)18-14(4)17-6-5-11-19-17/h5-14,18H,1-4H3/t13?,14-/m0/s1. The Morgan fingerprint density at radius 2 is 1.47 bits per heavy atom. The molecule has 1 N–H and O–H groups in total. The van der Waals surface area contributed by atoms with E-state index in [0.29, 0.717) is 12.0 Å². The van der Waals surface area contributed by atoms with E-state index in [2.05, 4.69) is 57.3 Å². The summed E-state index contributed by atoms with van der Waals surface area (Å²) in [6, 6.07) is 13.3. The maximum atomic E-state index is 5.42. The third kappa shape index (κ3) is 3.48. The molecular formula is C17H23NO. The SMILES string of the molecule is CC(C)c1ccc(C(C)N[C@@H](C)c2ccco2)cc1. The van der Waals surface area contributed by atoms with Gasteiger partial charge in [0, 0.05) is 6.04 Å². The number of benzene rings is 1. The molecule has 0 fully saturated rings. The van der Waals surface area contributed by atoms with Crippen LogP contribution in [0.5, 0.6) is 0 Å². The Morgan fingerprint density at radius 3 is 2.00 bits per heavy atom. The van der Waals surface area contributed by atoms with E-state index in [0.717, 1.165) is 5.76 Å². The van der Waals surface area contributed by atoms with Crippen LogP contribution in [-0.2, 0) is 0 Å². The molecule has 0 aliphatic rings. The lowest BCUT2D eigenvalue weighted by molar-refractivity contribution is 0.403. The van der Waals surface area contributed by atoms with Crippen molar-refractivity contribution in [1.29, 1.82) is 0 Å². The summed E-state index contributed by atoms with van der Waals surface area (Å²) in [7, 11) is 0. The Morgan fingerprint density at radius 1 is 0.842 bits per heavy atom. The van der Waals surface area contributed by atoms with Crippen molar-refractivity contribution in [1.82, 2.24) is 5.32 Å². The molecule has 2 atom stereocenters. The Hall–Kier alpha value is -1.54. The molecule has 0 aliphatic carbocycles. The van der Waals surface area contributed by atoms with Gasteiger partial charge in [0.2, 0.25) is 0 Å². The van der Waals surface area contributed by atoms with Gasteiger partial charge in [-0.2, -0.15) is 0 Å². The van der Waals surface area contributed by atoms with Crippen LogP contribution in [0.1, 0.15) is 62.6 Å².